The van der Waals surface area contributed by atoms with Gasteiger partial charge in [-0.15, -0.1) is 0 Å². The average Bonchev–Trinajstić information content (AvgIpc) is 2.85. The van der Waals surface area contributed by atoms with E-state index in [0.717, 1.165) is 15.7 Å². The zero-order chi connectivity index (χ0) is 21.7. The summed E-state index contributed by atoms with van der Waals surface area (Å²) in [6.07, 6.45) is 3.28. The van der Waals surface area contributed by atoms with Crippen LogP contribution in [0.5, 0.6) is 0 Å². The van der Waals surface area contributed by atoms with Crippen molar-refractivity contribution in [3.05, 3.63) is 60.9 Å². The van der Waals surface area contributed by atoms with E-state index < -0.39 is 23.0 Å². The Kier molecular flexibility index (Phi) is 4.73. The fourth-order valence-electron chi connectivity index (χ4n) is 3.52. The number of anilines is 2. The topological polar surface area (TPSA) is 53.5 Å². The maximum absolute atomic E-state index is 13.3. The number of hydrogen-bond donors (Lipinski definition) is 0. The molecule has 2 aromatic carbocycles. The van der Waals surface area contributed by atoms with Crippen LogP contribution in [-0.2, 0) is 4.79 Å². The van der Waals surface area contributed by atoms with Crippen LogP contribution in [0.25, 0.3) is 10.8 Å². The smallest absolute Gasteiger partial charge is 0.278 e. The standard InChI is InChI=1S/C21H16F3N3O2S/c1-20(2)18(28)26(14-6-8-15(9-7-14)30-21(22,23)24)19(29)27(20)17-5-3-4-13-12-25-11-10-16(13)17/h3-12H,1-2H3. The predicted octanol–water partition coefficient (Wildman–Crippen LogP) is 5.60. The summed E-state index contributed by atoms with van der Waals surface area (Å²) in [4.78, 5) is 32.9. The zero-order valence-electron chi connectivity index (χ0n) is 16.0. The maximum Gasteiger partial charge on any atom is 0.446 e. The molecule has 9 heteroatoms. The predicted molar refractivity (Wildman–Crippen MR) is 110 cm³/mol. The molecule has 2 heterocycles. The minimum atomic E-state index is -4.41. The second-order valence-electron chi connectivity index (χ2n) is 7.23. The van der Waals surface area contributed by atoms with E-state index in [4.69, 9.17) is 0 Å². The number of thioether (sulfide) groups is 1. The fourth-order valence-corrected chi connectivity index (χ4v) is 4.06. The number of hydrogen-bond acceptors (Lipinski definition) is 4. The lowest BCUT2D eigenvalue weighted by Gasteiger charge is -2.28. The first-order valence-electron chi connectivity index (χ1n) is 8.97. The largest absolute Gasteiger partial charge is 0.446 e. The van der Waals surface area contributed by atoms with Crippen LogP contribution in [0.3, 0.4) is 0 Å². The quantitative estimate of drug-likeness (QED) is 0.400. The summed E-state index contributed by atoms with van der Waals surface area (Å²) in [5.41, 5.74) is -4.82. The molecule has 1 fully saturated rings. The lowest BCUT2D eigenvalue weighted by atomic mass is 10.0. The van der Waals surface area contributed by atoms with Crippen molar-refractivity contribution in [1.82, 2.24) is 4.98 Å². The van der Waals surface area contributed by atoms with Crippen LogP contribution in [-0.4, -0.2) is 28.0 Å². The van der Waals surface area contributed by atoms with Gasteiger partial charge in [-0.1, -0.05) is 12.1 Å². The molecule has 0 N–H and O–H groups in total. The number of imide groups is 1. The number of halogens is 3. The van der Waals surface area contributed by atoms with Gasteiger partial charge in [0.15, 0.2) is 0 Å². The van der Waals surface area contributed by atoms with Gasteiger partial charge < -0.3 is 0 Å². The van der Waals surface area contributed by atoms with Crippen molar-refractivity contribution in [3.8, 4) is 0 Å². The van der Waals surface area contributed by atoms with Crippen LogP contribution in [0.1, 0.15) is 13.8 Å². The molecule has 0 saturated carbocycles. The average molecular weight is 431 g/mol. The highest BCUT2D eigenvalue weighted by Crippen LogP contribution is 2.41. The number of aromatic nitrogens is 1. The molecule has 0 radical (unpaired) electrons. The first-order chi connectivity index (χ1) is 14.1. The Morgan fingerprint density at radius 1 is 1.00 bits per heavy atom. The molecule has 1 aliphatic rings. The van der Waals surface area contributed by atoms with E-state index in [-0.39, 0.29) is 22.3 Å². The number of carbonyl (C=O) groups is 2. The monoisotopic (exact) mass is 431 g/mol. The normalized spacial score (nSPS) is 16.6. The molecule has 0 aliphatic carbocycles. The highest BCUT2D eigenvalue weighted by molar-refractivity contribution is 8.00. The third-order valence-corrected chi connectivity index (χ3v) is 5.63. The molecule has 30 heavy (non-hydrogen) atoms. The van der Waals surface area contributed by atoms with Crippen LogP contribution in [0, 0.1) is 0 Å². The van der Waals surface area contributed by atoms with Crippen molar-refractivity contribution in [2.24, 2.45) is 0 Å². The van der Waals surface area contributed by atoms with Gasteiger partial charge in [0.2, 0.25) is 0 Å². The van der Waals surface area contributed by atoms with Crippen molar-refractivity contribution >= 4 is 45.8 Å². The molecule has 0 spiro atoms. The molecule has 154 valence electrons. The third kappa shape index (κ3) is 3.39. The number of urea groups is 1. The lowest BCUT2D eigenvalue weighted by molar-refractivity contribution is -0.120. The summed E-state index contributed by atoms with van der Waals surface area (Å²) in [6.45, 7) is 3.28. The van der Waals surface area contributed by atoms with E-state index in [1.165, 1.54) is 29.2 Å². The summed E-state index contributed by atoms with van der Waals surface area (Å²) in [5, 5.41) is 1.58. The number of rotatable bonds is 3. The van der Waals surface area contributed by atoms with Crippen molar-refractivity contribution in [3.63, 3.8) is 0 Å². The van der Waals surface area contributed by atoms with Crippen LogP contribution >= 0.6 is 11.8 Å². The molecule has 5 nitrogen and oxygen atoms in total. The number of fused-ring (bicyclic) bond motifs is 1. The van der Waals surface area contributed by atoms with Gasteiger partial charge in [0, 0.05) is 28.1 Å². The molecule has 3 amide bonds. The van der Waals surface area contributed by atoms with Crippen LogP contribution in [0.15, 0.2) is 65.8 Å². The van der Waals surface area contributed by atoms with E-state index in [0.29, 0.717) is 5.69 Å². The van der Waals surface area contributed by atoms with Gasteiger partial charge in [-0.25, -0.2) is 9.69 Å². The molecule has 0 bridgehead atoms. The highest BCUT2D eigenvalue weighted by atomic mass is 32.2. The molecule has 1 aliphatic heterocycles. The number of pyridine rings is 1. The minimum absolute atomic E-state index is 0.0250. The minimum Gasteiger partial charge on any atom is -0.278 e. The molecule has 1 saturated heterocycles. The van der Waals surface area contributed by atoms with E-state index in [2.05, 4.69) is 4.98 Å². The van der Waals surface area contributed by atoms with Gasteiger partial charge in [-0.05, 0) is 62.0 Å². The van der Waals surface area contributed by atoms with Gasteiger partial charge in [-0.3, -0.25) is 14.7 Å². The van der Waals surface area contributed by atoms with Gasteiger partial charge in [0.1, 0.15) is 5.54 Å². The van der Waals surface area contributed by atoms with E-state index >= 15 is 0 Å². The molecule has 0 unspecified atom stereocenters. The van der Waals surface area contributed by atoms with Gasteiger partial charge >= 0.3 is 11.5 Å². The lowest BCUT2D eigenvalue weighted by Crippen LogP contribution is -2.44. The van der Waals surface area contributed by atoms with Gasteiger partial charge in [0.05, 0.1) is 11.4 Å². The summed E-state index contributed by atoms with van der Waals surface area (Å²) < 4.78 is 37.7. The Morgan fingerprint density at radius 2 is 1.70 bits per heavy atom. The van der Waals surface area contributed by atoms with Crippen LogP contribution < -0.4 is 9.80 Å². The van der Waals surface area contributed by atoms with E-state index in [1.54, 1.807) is 44.4 Å². The Labute approximate surface area is 174 Å². The first-order valence-corrected chi connectivity index (χ1v) is 9.78. The number of amides is 3. The highest BCUT2D eigenvalue weighted by Gasteiger charge is 2.53. The maximum atomic E-state index is 13.3. The second-order valence-corrected chi connectivity index (χ2v) is 8.37. The van der Waals surface area contributed by atoms with Crippen molar-refractivity contribution in [1.29, 1.82) is 0 Å². The van der Waals surface area contributed by atoms with Crippen LogP contribution in [0.2, 0.25) is 0 Å². The van der Waals surface area contributed by atoms with Gasteiger partial charge in [-0.2, -0.15) is 13.2 Å². The third-order valence-electron chi connectivity index (χ3n) is 4.90. The second kappa shape index (κ2) is 7.02. The zero-order valence-corrected chi connectivity index (χ0v) is 16.8. The van der Waals surface area contributed by atoms with Gasteiger partial charge in [0.25, 0.3) is 5.91 Å². The number of alkyl halides is 3. The summed E-state index contributed by atoms with van der Waals surface area (Å²) in [5.74, 6) is -0.463. The van der Waals surface area contributed by atoms with E-state index in [1.807, 2.05) is 6.07 Å². The summed E-state index contributed by atoms with van der Waals surface area (Å²) in [7, 11) is 0. The van der Waals surface area contributed by atoms with Crippen LogP contribution in [0.4, 0.5) is 29.3 Å². The molecule has 3 aromatic rings. The molecule has 4 rings (SSSR count). The SMILES string of the molecule is CC1(C)C(=O)N(c2ccc(SC(F)(F)F)cc2)C(=O)N1c1cccc2cnccc12. The van der Waals surface area contributed by atoms with Crippen molar-refractivity contribution < 1.29 is 22.8 Å². The Balaban J connectivity index is 1.74. The molecule has 0 atom stereocenters. The Hall–Kier alpha value is -3.07. The molecular formula is C21H16F3N3O2S. The molecular weight excluding hydrogens is 415 g/mol. The Bertz CT molecular complexity index is 1140. The summed E-state index contributed by atoms with van der Waals surface area (Å²) >= 11 is -0.253. The number of benzene rings is 2. The fraction of sp³-hybridized carbons (Fsp3) is 0.190. The van der Waals surface area contributed by atoms with E-state index in [9.17, 15) is 22.8 Å². The Morgan fingerprint density at radius 3 is 2.37 bits per heavy atom. The first kappa shape index (κ1) is 20.2. The number of carbonyl (C=O) groups excluding carboxylic acids is 2. The van der Waals surface area contributed by atoms with Crippen molar-refractivity contribution in [2.45, 2.75) is 29.8 Å². The number of nitrogens with zero attached hydrogens (tertiary/aromatic N) is 3. The molecule has 1 aromatic heterocycles. The summed E-state index contributed by atoms with van der Waals surface area (Å²) in [6, 6.07) is 11.8. The van der Waals surface area contributed by atoms with Crippen molar-refractivity contribution in [2.75, 3.05) is 9.80 Å².